The van der Waals surface area contributed by atoms with Crippen molar-refractivity contribution in [2.24, 2.45) is 0 Å². The molecule has 2 aromatic rings. The van der Waals surface area contributed by atoms with E-state index in [1.54, 1.807) is 16.3 Å². The highest BCUT2D eigenvalue weighted by Gasteiger charge is 2.21. The molecule has 2 heterocycles. The lowest BCUT2D eigenvalue weighted by molar-refractivity contribution is 0.539. The highest BCUT2D eigenvalue weighted by molar-refractivity contribution is 6.17. The first kappa shape index (κ1) is 18.6. The molecule has 0 saturated heterocycles. The second-order valence-corrected chi connectivity index (χ2v) is 6.19. The summed E-state index contributed by atoms with van der Waals surface area (Å²) in [6.07, 6.45) is 3.30. The van der Waals surface area contributed by atoms with Crippen LogP contribution in [0.4, 0.5) is 5.82 Å². The van der Waals surface area contributed by atoms with Gasteiger partial charge < -0.3 is 5.32 Å². The van der Waals surface area contributed by atoms with Crippen molar-refractivity contribution in [3.8, 4) is 0 Å². The quantitative estimate of drug-likeness (QED) is 0.700. The Hall–Kier alpha value is -1.76. The molecule has 0 amide bonds. The lowest BCUT2D eigenvalue weighted by atomic mass is 10.3. The van der Waals surface area contributed by atoms with Crippen LogP contribution in [0.15, 0.2) is 9.59 Å². The summed E-state index contributed by atoms with van der Waals surface area (Å²) in [5.74, 6) is 1.16. The standard InChI is InChI=1S/C16H26ClN5O2/c1-4-6-10-20-14-12(15(23)21(9-5-2)16(20)24)13(18-3)22(19-14)11-7-8-17/h18H,4-11H2,1-3H3. The highest BCUT2D eigenvalue weighted by atomic mass is 35.5. The average Bonchev–Trinajstić information content (AvgIpc) is 2.95. The van der Waals surface area contributed by atoms with Gasteiger partial charge in [-0.1, -0.05) is 20.3 Å². The van der Waals surface area contributed by atoms with Gasteiger partial charge in [0.05, 0.1) is 0 Å². The van der Waals surface area contributed by atoms with E-state index in [2.05, 4.69) is 17.3 Å². The van der Waals surface area contributed by atoms with Gasteiger partial charge in [-0.2, -0.15) is 5.10 Å². The van der Waals surface area contributed by atoms with E-state index in [-0.39, 0.29) is 11.2 Å². The van der Waals surface area contributed by atoms with Gasteiger partial charge in [-0.3, -0.25) is 13.9 Å². The summed E-state index contributed by atoms with van der Waals surface area (Å²) in [5.41, 5.74) is -0.0803. The van der Waals surface area contributed by atoms with E-state index in [1.807, 2.05) is 6.92 Å². The van der Waals surface area contributed by atoms with Crippen LogP contribution in [0.3, 0.4) is 0 Å². The number of anilines is 1. The fourth-order valence-electron chi connectivity index (χ4n) is 2.86. The Morgan fingerprint density at radius 2 is 1.79 bits per heavy atom. The van der Waals surface area contributed by atoms with E-state index >= 15 is 0 Å². The van der Waals surface area contributed by atoms with Crippen LogP contribution in [-0.4, -0.2) is 31.8 Å². The molecule has 0 aliphatic rings. The maximum Gasteiger partial charge on any atom is 0.332 e. The third kappa shape index (κ3) is 3.36. The average molecular weight is 356 g/mol. The van der Waals surface area contributed by atoms with E-state index in [0.29, 0.717) is 42.4 Å². The van der Waals surface area contributed by atoms with E-state index in [1.165, 1.54) is 4.57 Å². The van der Waals surface area contributed by atoms with Gasteiger partial charge in [-0.15, -0.1) is 11.6 Å². The topological polar surface area (TPSA) is 73.8 Å². The molecule has 0 fully saturated rings. The number of alkyl halides is 1. The first-order valence-corrected chi connectivity index (χ1v) is 9.11. The van der Waals surface area contributed by atoms with Gasteiger partial charge >= 0.3 is 5.69 Å². The second kappa shape index (κ2) is 8.37. The second-order valence-electron chi connectivity index (χ2n) is 5.81. The van der Waals surface area contributed by atoms with Crippen LogP contribution < -0.4 is 16.6 Å². The largest absolute Gasteiger partial charge is 0.373 e. The number of aromatic nitrogens is 4. The van der Waals surface area contributed by atoms with Gasteiger partial charge in [0.25, 0.3) is 5.56 Å². The summed E-state index contributed by atoms with van der Waals surface area (Å²) in [7, 11) is 1.76. The van der Waals surface area contributed by atoms with Gasteiger partial charge in [0.1, 0.15) is 11.2 Å². The molecule has 0 bridgehead atoms. The Balaban J connectivity index is 2.78. The van der Waals surface area contributed by atoms with Gasteiger partial charge in [0, 0.05) is 32.6 Å². The number of hydrogen-bond donors (Lipinski definition) is 1. The van der Waals surface area contributed by atoms with Crippen LogP contribution in [-0.2, 0) is 19.6 Å². The fourth-order valence-corrected chi connectivity index (χ4v) is 2.98. The summed E-state index contributed by atoms with van der Waals surface area (Å²) in [6.45, 7) is 5.60. The number of fused-ring (bicyclic) bond motifs is 1. The molecule has 0 atom stereocenters. The predicted molar refractivity (Wildman–Crippen MR) is 98.3 cm³/mol. The van der Waals surface area contributed by atoms with Crippen molar-refractivity contribution in [3.63, 3.8) is 0 Å². The molecule has 0 aromatic carbocycles. The molecular formula is C16H26ClN5O2. The number of unbranched alkanes of at least 4 members (excludes halogenated alkanes) is 1. The third-order valence-corrected chi connectivity index (χ3v) is 4.30. The van der Waals surface area contributed by atoms with Crippen molar-refractivity contribution in [2.45, 2.75) is 59.2 Å². The first-order valence-electron chi connectivity index (χ1n) is 8.58. The molecule has 0 radical (unpaired) electrons. The van der Waals surface area contributed by atoms with Crippen LogP contribution in [0.1, 0.15) is 39.5 Å². The Morgan fingerprint density at radius 3 is 2.38 bits per heavy atom. The molecule has 0 unspecified atom stereocenters. The molecule has 0 aliphatic heterocycles. The molecule has 2 aromatic heterocycles. The fraction of sp³-hybridized carbons (Fsp3) is 0.688. The van der Waals surface area contributed by atoms with Crippen LogP contribution in [0.2, 0.25) is 0 Å². The molecule has 0 aliphatic carbocycles. The van der Waals surface area contributed by atoms with Gasteiger partial charge in [-0.25, -0.2) is 9.48 Å². The third-order valence-electron chi connectivity index (χ3n) is 4.03. The van der Waals surface area contributed by atoms with E-state index < -0.39 is 0 Å². The minimum Gasteiger partial charge on any atom is -0.373 e. The predicted octanol–water partition coefficient (Wildman–Crippen LogP) is 2.24. The van der Waals surface area contributed by atoms with Crippen molar-refractivity contribution >= 4 is 28.5 Å². The summed E-state index contributed by atoms with van der Waals surface area (Å²) in [4.78, 5) is 25.6. The number of rotatable bonds is 9. The molecule has 0 spiro atoms. The van der Waals surface area contributed by atoms with Crippen molar-refractivity contribution in [2.75, 3.05) is 18.2 Å². The molecule has 2 rings (SSSR count). The molecule has 134 valence electrons. The molecular weight excluding hydrogens is 330 g/mol. The summed E-state index contributed by atoms with van der Waals surface area (Å²) in [5, 5.41) is 8.09. The van der Waals surface area contributed by atoms with E-state index in [4.69, 9.17) is 11.6 Å². The van der Waals surface area contributed by atoms with Gasteiger partial charge in [0.15, 0.2) is 5.65 Å². The van der Waals surface area contributed by atoms with Crippen molar-refractivity contribution in [3.05, 3.63) is 20.8 Å². The van der Waals surface area contributed by atoms with Crippen LogP contribution in [0.5, 0.6) is 0 Å². The maximum absolute atomic E-state index is 12.9. The minimum absolute atomic E-state index is 0.271. The van der Waals surface area contributed by atoms with Crippen LogP contribution >= 0.6 is 11.6 Å². The monoisotopic (exact) mass is 355 g/mol. The van der Waals surface area contributed by atoms with E-state index in [9.17, 15) is 9.59 Å². The molecule has 1 N–H and O–H groups in total. The number of nitrogens with one attached hydrogen (secondary N) is 1. The normalized spacial score (nSPS) is 11.3. The zero-order valence-electron chi connectivity index (χ0n) is 14.6. The smallest absolute Gasteiger partial charge is 0.332 e. The van der Waals surface area contributed by atoms with Crippen LogP contribution in [0.25, 0.3) is 11.0 Å². The number of nitrogens with zero attached hydrogens (tertiary/aromatic N) is 4. The summed E-state index contributed by atoms with van der Waals surface area (Å²) in [6, 6.07) is 0. The maximum atomic E-state index is 12.9. The van der Waals surface area contributed by atoms with Crippen molar-refractivity contribution < 1.29 is 0 Å². The summed E-state index contributed by atoms with van der Waals surface area (Å²) >= 11 is 5.79. The Bertz CT molecular complexity index is 805. The first-order chi connectivity index (χ1) is 11.6. The van der Waals surface area contributed by atoms with Gasteiger partial charge in [-0.05, 0) is 19.3 Å². The Morgan fingerprint density at radius 1 is 1.04 bits per heavy atom. The molecule has 7 nitrogen and oxygen atoms in total. The van der Waals surface area contributed by atoms with E-state index in [0.717, 1.165) is 25.7 Å². The Kier molecular flexibility index (Phi) is 6.48. The van der Waals surface area contributed by atoms with Crippen molar-refractivity contribution in [1.29, 1.82) is 0 Å². The highest BCUT2D eigenvalue weighted by Crippen LogP contribution is 2.19. The van der Waals surface area contributed by atoms with Gasteiger partial charge in [0.2, 0.25) is 0 Å². The summed E-state index contributed by atoms with van der Waals surface area (Å²) < 4.78 is 4.70. The van der Waals surface area contributed by atoms with Crippen LogP contribution in [0, 0.1) is 0 Å². The number of hydrogen-bond acceptors (Lipinski definition) is 4. The number of halogens is 1. The minimum atomic E-state index is -0.272. The lowest BCUT2D eigenvalue weighted by Gasteiger charge is -2.10. The lowest BCUT2D eigenvalue weighted by Crippen LogP contribution is -2.40. The number of aryl methyl sites for hydroxylation is 2. The molecule has 24 heavy (non-hydrogen) atoms. The zero-order chi connectivity index (χ0) is 17.7. The zero-order valence-corrected chi connectivity index (χ0v) is 15.4. The van der Waals surface area contributed by atoms with Crippen molar-refractivity contribution in [1.82, 2.24) is 18.9 Å². The Labute approximate surface area is 146 Å². The molecule has 8 heteroatoms. The SMILES string of the molecule is CCCCn1c(=O)n(CCC)c(=O)c2c(NC)n(CCCCl)nc21. The molecule has 0 saturated carbocycles.